The van der Waals surface area contributed by atoms with Crippen molar-refractivity contribution in [2.24, 2.45) is 0 Å². The molecule has 3 heterocycles. The maximum absolute atomic E-state index is 13.2. The van der Waals surface area contributed by atoms with Gasteiger partial charge in [0.2, 0.25) is 0 Å². The van der Waals surface area contributed by atoms with E-state index in [0.29, 0.717) is 53.8 Å². The Hall–Kier alpha value is -3.04. The molecule has 3 aromatic rings. The summed E-state index contributed by atoms with van der Waals surface area (Å²) in [6, 6.07) is 11.2. The summed E-state index contributed by atoms with van der Waals surface area (Å²) in [6.45, 7) is 2.54. The Balaban J connectivity index is 1.33. The first kappa shape index (κ1) is 18.0. The lowest BCUT2D eigenvalue weighted by Gasteiger charge is -2.36. The second-order valence-electron chi connectivity index (χ2n) is 7.59. The third-order valence-electron chi connectivity index (χ3n) is 5.58. The number of fused-ring (bicyclic) bond motifs is 1. The Labute approximate surface area is 173 Å². The van der Waals surface area contributed by atoms with E-state index in [4.69, 9.17) is 21.3 Å². The van der Waals surface area contributed by atoms with E-state index in [0.717, 1.165) is 29.8 Å². The number of carbonyl (C=O) groups is 1. The van der Waals surface area contributed by atoms with Gasteiger partial charge in [-0.15, -0.1) is 0 Å². The van der Waals surface area contributed by atoms with E-state index in [1.807, 2.05) is 23.1 Å². The lowest BCUT2D eigenvalue weighted by molar-refractivity contribution is 0.0747. The van der Waals surface area contributed by atoms with Crippen LogP contribution in [-0.4, -0.2) is 42.0 Å². The van der Waals surface area contributed by atoms with E-state index in [2.05, 4.69) is 16.0 Å². The van der Waals surface area contributed by atoms with Gasteiger partial charge in [-0.2, -0.15) is 5.26 Å². The lowest BCUT2D eigenvalue weighted by atomic mass is 10.1. The van der Waals surface area contributed by atoms with Gasteiger partial charge in [-0.3, -0.25) is 9.78 Å². The molecular formula is C22H19ClN4O2. The molecule has 1 aliphatic carbocycles. The van der Waals surface area contributed by atoms with Crippen LogP contribution in [0.25, 0.3) is 11.1 Å². The Morgan fingerprint density at radius 1 is 1.17 bits per heavy atom. The average Bonchev–Trinajstić information content (AvgIpc) is 3.51. The normalized spacial score (nSPS) is 16.8. The summed E-state index contributed by atoms with van der Waals surface area (Å²) >= 11 is 6.13. The number of amides is 1. The Kier molecular flexibility index (Phi) is 4.40. The largest absolute Gasteiger partial charge is 0.458 e. The summed E-state index contributed by atoms with van der Waals surface area (Å²) < 4.78 is 6.00. The Morgan fingerprint density at radius 3 is 2.69 bits per heavy atom. The Morgan fingerprint density at radius 2 is 1.97 bits per heavy atom. The standard InChI is InChI=1S/C22H19ClN4O2/c23-16-9-14(13-24)10-17(11-16)26-5-7-27(8-6-26)22(28)18-3-4-25-19-12-20(15-1-2-15)29-21(18)19/h3-4,9-12,15H,1-2,5-8H2. The fraction of sp³-hybridized carbons (Fsp3) is 0.318. The monoisotopic (exact) mass is 406 g/mol. The van der Waals surface area contributed by atoms with E-state index in [9.17, 15) is 4.79 Å². The second-order valence-corrected chi connectivity index (χ2v) is 8.02. The molecule has 1 aliphatic heterocycles. The highest BCUT2D eigenvalue weighted by Gasteiger charge is 2.30. The predicted octanol–water partition coefficient (Wildman–Crippen LogP) is 4.19. The van der Waals surface area contributed by atoms with Crippen LogP contribution in [0.3, 0.4) is 0 Å². The number of pyridine rings is 1. The van der Waals surface area contributed by atoms with Crippen LogP contribution in [0.15, 0.2) is 40.9 Å². The molecule has 1 aromatic carbocycles. The van der Waals surface area contributed by atoms with Crippen molar-refractivity contribution >= 4 is 34.3 Å². The molecule has 0 spiro atoms. The summed E-state index contributed by atoms with van der Waals surface area (Å²) in [7, 11) is 0. The van der Waals surface area contributed by atoms with E-state index in [1.54, 1.807) is 18.3 Å². The molecular weight excluding hydrogens is 388 g/mol. The number of aromatic nitrogens is 1. The lowest BCUT2D eigenvalue weighted by Crippen LogP contribution is -2.48. The maximum Gasteiger partial charge on any atom is 0.257 e. The number of hydrogen-bond donors (Lipinski definition) is 0. The van der Waals surface area contributed by atoms with Gasteiger partial charge in [-0.25, -0.2) is 0 Å². The highest BCUT2D eigenvalue weighted by atomic mass is 35.5. The third kappa shape index (κ3) is 3.43. The van der Waals surface area contributed by atoms with E-state index < -0.39 is 0 Å². The first-order valence-corrected chi connectivity index (χ1v) is 10.1. The number of nitrogens with zero attached hydrogens (tertiary/aromatic N) is 4. The van der Waals surface area contributed by atoms with Crippen molar-refractivity contribution in [3.05, 3.63) is 58.4 Å². The molecule has 2 aromatic heterocycles. The molecule has 1 saturated carbocycles. The zero-order valence-corrected chi connectivity index (χ0v) is 16.5. The molecule has 29 heavy (non-hydrogen) atoms. The molecule has 0 unspecified atom stereocenters. The van der Waals surface area contributed by atoms with E-state index in [1.165, 1.54) is 0 Å². The minimum atomic E-state index is -0.0300. The number of rotatable bonds is 3. The topological polar surface area (TPSA) is 73.4 Å². The summed E-state index contributed by atoms with van der Waals surface area (Å²) in [5, 5.41) is 9.70. The fourth-order valence-electron chi connectivity index (χ4n) is 3.85. The van der Waals surface area contributed by atoms with Crippen molar-refractivity contribution in [3.63, 3.8) is 0 Å². The predicted molar refractivity (Wildman–Crippen MR) is 110 cm³/mol. The highest BCUT2D eigenvalue weighted by molar-refractivity contribution is 6.31. The molecule has 2 fully saturated rings. The maximum atomic E-state index is 13.2. The van der Waals surface area contributed by atoms with Crippen molar-refractivity contribution in [2.75, 3.05) is 31.1 Å². The summed E-state index contributed by atoms with van der Waals surface area (Å²) in [6.07, 6.45) is 3.96. The molecule has 0 atom stereocenters. The second kappa shape index (κ2) is 7.09. The van der Waals surface area contributed by atoms with E-state index >= 15 is 0 Å². The molecule has 0 N–H and O–H groups in total. The first-order chi connectivity index (χ1) is 14.1. The van der Waals surface area contributed by atoms with Gasteiger partial charge in [0.25, 0.3) is 5.91 Å². The smallest absolute Gasteiger partial charge is 0.257 e. The number of benzene rings is 1. The number of piperazine rings is 1. The molecule has 0 radical (unpaired) electrons. The van der Waals surface area contributed by atoms with Crippen molar-refractivity contribution < 1.29 is 9.21 Å². The number of carbonyl (C=O) groups excluding carboxylic acids is 1. The zero-order chi connectivity index (χ0) is 20.0. The molecule has 146 valence electrons. The number of anilines is 1. The SMILES string of the molecule is N#Cc1cc(Cl)cc(N2CCN(C(=O)c3ccnc4cc(C5CC5)oc34)CC2)c1. The van der Waals surface area contributed by atoms with Gasteiger partial charge in [0.1, 0.15) is 11.3 Å². The zero-order valence-electron chi connectivity index (χ0n) is 15.8. The molecule has 2 aliphatic rings. The summed E-state index contributed by atoms with van der Waals surface area (Å²) in [5.74, 6) is 1.39. The highest BCUT2D eigenvalue weighted by Crippen LogP contribution is 2.42. The molecule has 5 rings (SSSR count). The van der Waals surface area contributed by atoms with E-state index in [-0.39, 0.29) is 5.91 Å². The number of nitriles is 1. The van der Waals surface area contributed by atoms with Crippen LogP contribution in [0, 0.1) is 11.3 Å². The van der Waals surface area contributed by atoms with Crippen LogP contribution in [0.1, 0.15) is 40.4 Å². The summed E-state index contributed by atoms with van der Waals surface area (Å²) in [5.41, 5.74) is 3.36. The Bertz CT molecular complexity index is 1140. The number of halogens is 1. The van der Waals surface area contributed by atoms with Crippen LogP contribution in [0.5, 0.6) is 0 Å². The van der Waals surface area contributed by atoms with Gasteiger partial charge >= 0.3 is 0 Å². The van der Waals surface area contributed by atoms with Gasteiger partial charge in [0, 0.05) is 55.1 Å². The fourth-order valence-corrected chi connectivity index (χ4v) is 4.08. The van der Waals surface area contributed by atoms with Crippen LogP contribution >= 0.6 is 11.6 Å². The van der Waals surface area contributed by atoms with Crippen molar-refractivity contribution in [1.29, 1.82) is 5.26 Å². The van der Waals surface area contributed by atoms with Crippen LogP contribution < -0.4 is 4.90 Å². The number of hydrogen-bond acceptors (Lipinski definition) is 5. The average molecular weight is 407 g/mol. The quantitative estimate of drug-likeness (QED) is 0.652. The molecule has 6 nitrogen and oxygen atoms in total. The van der Waals surface area contributed by atoms with Crippen molar-refractivity contribution in [2.45, 2.75) is 18.8 Å². The van der Waals surface area contributed by atoms with Crippen molar-refractivity contribution in [3.8, 4) is 6.07 Å². The minimum absolute atomic E-state index is 0.0300. The van der Waals surface area contributed by atoms with Crippen LogP contribution in [0.4, 0.5) is 5.69 Å². The van der Waals surface area contributed by atoms with Crippen LogP contribution in [0.2, 0.25) is 5.02 Å². The van der Waals surface area contributed by atoms with Gasteiger partial charge in [0.15, 0.2) is 5.58 Å². The van der Waals surface area contributed by atoms with Crippen LogP contribution in [-0.2, 0) is 0 Å². The van der Waals surface area contributed by atoms with Gasteiger partial charge in [0.05, 0.1) is 17.2 Å². The summed E-state index contributed by atoms with van der Waals surface area (Å²) in [4.78, 5) is 21.5. The van der Waals surface area contributed by atoms with Gasteiger partial charge in [-0.1, -0.05) is 11.6 Å². The number of furan rings is 1. The molecule has 1 amide bonds. The van der Waals surface area contributed by atoms with Gasteiger partial charge in [-0.05, 0) is 37.1 Å². The molecule has 7 heteroatoms. The molecule has 1 saturated heterocycles. The molecule has 0 bridgehead atoms. The van der Waals surface area contributed by atoms with Gasteiger partial charge < -0.3 is 14.2 Å². The van der Waals surface area contributed by atoms with Crippen molar-refractivity contribution in [1.82, 2.24) is 9.88 Å². The third-order valence-corrected chi connectivity index (χ3v) is 5.80. The minimum Gasteiger partial charge on any atom is -0.458 e. The first-order valence-electron chi connectivity index (χ1n) is 9.76.